The van der Waals surface area contributed by atoms with Gasteiger partial charge in [-0.05, 0) is 46.3 Å². The number of benzene rings is 1. The Hall–Kier alpha value is -2.28. The Balaban J connectivity index is 2.24. The first-order valence-electron chi connectivity index (χ1n) is 5.43. The van der Waals surface area contributed by atoms with Crippen molar-refractivity contribution in [2.24, 2.45) is 0 Å². The second kappa shape index (κ2) is 5.79. The van der Waals surface area contributed by atoms with Crippen LogP contribution in [-0.4, -0.2) is 22.0 Å². The predicted molar refractivity (Wildman–Crippen MR) is 73.2 cm³/mol. The molecule has 5 nitrogen and oxygen atoms in total. The van der Waals surface area contributed by atoms with E-state index in [-0.39, 0.29) is 5.69 Å². The van der Waals surface area contributed by atoms with E-state index in [1.807, 2.05) is 0 Å². The molecule has 0 aliphatic carbocycles. The van der Waals surface area contributed by atoms with Crippen molar-refractivity contribution in [3.63, 3.8) is 0 Å². The summed E-state index contributed by atoms with van der Waals surface area (Å²) in [6, 6.07) is 6.35. The minimum absolute atomic E-state index is 0.196. The van der Waals surface area contributed by atoms with Crippen LogP contribution in [0.1, 0.15) is 20.7 Å². The van der Waals surface area contributed by atoms with Crippen molar-refractivity contribution >= 4 is 33.5 Å². The molecule has 0 fully saturated rings. The number of halogens is 2. The number of carboxylic acid groups (broad SMARTS) is 1. The highest BCUT2D eigenvalue weighted by molar-refractivity contribution is 9.10. The smallest absolute Gasteiger partial charge is 0.338 e. The van der Waals surface area contributed by atoms with Gasteiger partial charge in [-0.15, -0.1) is 0 Å². The summed E-state index contributed by atoms with van der Waals surface area (Å²) in [5.74, 6) is -2.71. The maximum atomic E-state index is 13.2. The average molecular weight is 339 g/mol. The van der Waals surface area contributed by atoms with Crippen molar-refractivity contribution in [3.05, 3.63) is 58.1 Å². The van der Waals surface area contributed by atoms with Gasteiger partial charge in [0.25, 0.3) is 5.91 Å². The highest BCUT2D eigenvalue weighted by Gasteiger charge is 2.13. The van der Waals surface area contributed by atoms with Gasteiger partial charge in [0.05, 0.1) is 5.56 Å². The summed E-state index contributed by atoms with van der Waals surface area (Å²) >= 11 is 3.14. The average Bonchev–Trinajstić information content (AvgIpc) is 2.40. The van der Waals surface area contributed by atoms with Crippen LogP contribution in [0.15, 0.2) is 41.1 Å². The van der Waals surface area contributed by atoms with E-state index in [0.717, 1.165) is 12.1 Å². The molecule has 0 atom stereocenters. The van der Waals surface area contributed by atoms with Crippen LogP contribution in [0.4, 0.5) is 10.1 Å². The third kappa shape index (κ3) is 3.18. The molecule has 102 valence electrons. The number of nitrogens with one attached hydrogen (secondary N) is 1. The topological polar surface area (TPSA) is 79.3 Å². The van der Waals surface area contributed by atoms with Gasteiger partial charge in [-0.1, -0.05) is 0 Å². The third-order valence-corrected chi connectivity index (χ3v) is 2.88. The van der Waals surface area contributed by atoms with E-state index >= 15 is 0 Å². The van der Waals surface area contributed by atoms with Crippen LogP contribution in [0.5, 0.6) is 0 Å². The second-order valence-electron chi connectivity index (χ2n) is 3.82. The molecule has 1 amide bonds. The zero-order valence-corrected chi connectivity index (χ0v) is 11.5. The Labute approximate surface area is 121 Å². The second-order valence-corrected chi connectivity index (χ2v) is 4.63. The van der Waals surface area contributed by atoms with Gasteiger partial charge in [0.2, 0.25) is 0 Å². The van der Waals surface area contributed by atoms with Crippen molar-refractivity contribution in [2.75, 3.05) is 5.32 Å². The molecule has 7 heteroatoms. The van der Waals surface area contributed by atoms with E-state index in [1.165, 1.54) is 24.4 Å². The molecular formula is C13H8BrFN2O3. The van der Waals surface area contributed by atoms with E-state index in [2.05, 4.69) is 26.2 Å². The number of aromatic carboxylic acids is 1. The van der Waals surface area contributed by atoms with E-state index < -0.39 is 23.3 Å². The number of hydrogen-bond donors (Lipinski definition) is 2. The fourth-order valence-electron chi connectivity index (χ4n) is 1.51. The number of nitrogens with zero attached hydrogens (tertiary/aromatic N) is 1. The quantitative estimate of drug-likeness (QED) is 0.843. The van der Waals surface area contributed by atoms with Gasteiger partial charge in [0.15, 0.2) is 0 Å². The number of rotatable bonds is 3. The molecule has 1 heterocycles. The van der Waals surface area contributed by atoms with Crippen LogP contribution < -0.4 is 5.32 Å². The van der Waals surface area contributed by atoms with Crippen molar-refractivity contribution in [2.45, 2.75) is 0 Å². The fourth-order valence-corrected chi connectivity index (χ4v) is 1.88. The molecule has 2 rings (SSSR count). The molecule has 0 spiro atoms. The summed E-state index contributed by atoms with van der Waals surface area (Å²) in [7, 11) is 0. The van der Waals surface area contributed by atoms with Crippen molar-refractivity contribution in [1.29, 1.82) is 0 Å². The molecule has 1 aromatic heterocycles. The lowest BCUT2D eigenvalue weighted by atomic mass is 10.1. The maximum absolute atomic E-state index is 13.2. The lowest BCUT2D eigenvalue weighted by molar-refractivity contribution is 0.0691. The summed E-state index contributed by atoms with van der Waals surface area (Å²) in [6.07, 6.45) is 1.45. The van der Waals surface area contributed by atoms with E-state index in [4.69, 9.17) is 5.11 Å². The highest BCUT2D eigenvalue weighted by atomic mass is 79.9. The molecule has 2 aromatic rings. The Morgan fingerprint density at radius 1 is 1.25 bits per heavy atom. The Morgan fingerprint density at radius 2 is 2.00 bits per heavy atom. The monoisotopic (exact) mass is 338 g/mol. The van der Waals surface area contributed by atoms with E-state index in [0.29, 0.717) is 10.2 Å². The number of anilines is 1. The number of carboxylic acids is 1. The van der Waals surface area contributed by atoms with Crippen LogP contribution in [0.3, 0.4) is 0 Å². The van der Waals surface area contributed by atoms with Gasteiger partial charge in [0, 0.05) is 17.4 Å². The maximum Gasteiger partial charge on any atom is 0.338 e. The molecule has 0 aliphatic rings. The first kappa shape index (κ1) is 14.1. The van der Waals surface area contributed by atoms with Crippen LogP contribution in [0.2, 0.25) is 0 Å². The number of pyridine rings is 1. The lowest BCUT2D eigenvalue weighted by Gasteiger charge is -2.07. The van der Waals surface area contributed by atoms with E-state index in [9.17, 15) is 14.0 Å². The number of amides is 1. The van der Waals surface area contributed by atoms with Gasteiger partial charge in [0.1, 0.15) is 10.4 Å². The number of hydrogen-bond acceptors (Lipinski definition) is 3. The summed E-state index contributed by atoms with van der Waals surface area (Å²) < 4.78 is 13.7. The van der Waals surface area contributed by atoms with Crippen LogP contribution >= 0.6 is 15.9 Å². The zero-order valence-electron chi connectivity index (χ0n) is 9.93. The van der Waals surface area contributed by atoms with E-state index in [1.54, 1.807) is 0 Å². The number of aromatic nitrogens is 1. The zero-order chi connectivity index (χ0) is 14.7. The molecule has 1 aromatic carbocycles. The largest absolute Gasteiger partial charge is 0.478 e. The minimum atomic E-state index is -1.40. The van der Waals surface area contributed by atoms with Crippen molar-refractivity contribution in [3.8, 4) is 0 Å². The molecule has 0 aliphatic heterocycles. The minimum Gasteiger partial charge on any atom is -0.478 e. The van der Waals surface area contributed by atoms with Gasteiger partial charge in [-0.2, -0.15) is 0 Å². The molecular weight excluding hydrogens is 331 g/mol. The van der Waals surface area contributed by atoms with Gasteiger partial charge < -0.3 is 10.4 Å². The molecule has 0 unspecified atom stereocenters. The first-order chi connectivity index (χ1) is 9.47. The van der Waals surface area contributed by atoms with Gasteiger partial charge >= 0.3 is 5.97 Å². The molecule has 0 saturated carbocycles. The molecule has 0 saturated heterocycles. The third-order valence-electron chi connectivity index (χ3n) is 2.44. The number of carbonyl (C=O) groups excluding carboxylic acids is 1. The Morgan fingerprint density at radius 3 is 2.65 bits per heavy atom. The SMILES string of the molecule is O=C(Nc1ccc(F)c(C(=O)O)c1)c1ccnc(Br)c1. The van der Waals surface area contributed by atoms with Gasteiger partial charge in [-0.3, -0.25) is 4.79 Å². The van der Waals surface area contributed by atoms with Crippen molar-refractivity contribution in [1.82, 2.24) is 4.98 Å². The van der Waals surface area contributed by atoms with Crippen molar-refractivity contribution < 1.29 is 19.1 Å². The first-order valence-corrected chi connectivity index (χ1v) is 6.22. The molecule has 0 bridgehead atoms. The summed E-state index contributed by atoms with van der Waals surface area (Å²) in [4.78, 5) is 26.6. The summed E-state index contributed by atoms with van der Waals surface area (Å²) in [6.45, 7) is 0. The normalized spacial score (nSPS) is 10.1. The summed E-state index contributed by atoms with van der Waals surface area (Å²) in [5.41, 5.74) is 0.0357. The van der Waals surface area contributed by atoms with Crippen LogP contribution in [0.25, 0.3) is 0 Å². The van der Waals surface area contributed by atoms with Gasteiger partial charge in [-0.25, -0.2) is 14.2 Å². The lowest BCUT2D eigenvalue weighted by Crippen LogP contribution is -2.13. The van der Waals surface area contributed by atoms with Crippen LogP contribution in [-0.2, 0) is 0 Å². The Kier molecular flexibility index (Phi) is 4.09. The fraction of sp³-hybridized carbons (Fsp3) is 0. The number of carbonyl (C=O) groups is 2. The van der Waals surface area contributed by atoms with Crippen LogP contribution in [0, 0.1) is 5.82 Å². The predicted octanol–water partition coefficient (Wildman–Crippen LogP) is 2.93. The highest BCUT2D eigenvalue weighted by Crippen LogP contribution is 2.16. The molecule has 0 radical (unpaired) electrons. The molecule has 20 heavy (non-hydrogen) atoms. The summed E-state index contributed by atoms with van der Waals surface area (Å²) in [5, 5.41) is 11.3. The Bertz CT molecular complexity index is 691. The standard InChI is InChI=1S/C13H8BrFN2O3/c14-11-5-7(3-4-16-11)12(18)17-8-1-2-10(15)9(6-8)13(19)20/h1-6H,(H,17,18)(H,19,20). The molecule has 2 N–H and O–H groups in total.